The predicted octanol–water partition coefficient (Wildman–Crippen LogP) is 3.84. The lowest BCUT2D eigenvalue weighted by molar-refractivity contribution is -0.0507. The molecule has 0 radical (unpaired) electrons. The first-order valence-electron chi connectivity index (χ1n) is 11.4. The molecule has 1 N–H and O–H groups in total. The molecule has 1 aromatic carbocycles. The van der Waals surface area contributed by atoms with Crippen LogP contribution in [0.1, 0.15) is 59.9 Å². The lowest BCUT2D eigenvalue weighted by atomic mass is 9.98. The van der Waals surface area contributed by atoms with Crippen molar-refractivity contribution in [1.82, 2.24) is 29.4 Å². The fourth-order valence-electron chi connectivity index (χ4n) is 5.08. The second kappa shape index (κ2) is 7.76. The van der Waals surface area contributed by atoms with E-state index in [1.165, 1.54) is 6.07 Å². The van der Waals surface area contributed by atoms with Gasteiger partial charge in [0.15, 0.2) is 11.5 Å². The van der Waals surface area contributed by atoms with E-state index < -0.39 is 18.3 Å². The van der Waals surface area contributed by atoms with Crippen LogP contribution >= 0.6 is 0 Å². The first-order chi connectivity index (χ1) is 17.1. The summed E-state index contributed by atoms with van der Waals surface area (Å²) in [5.74, 6) is 0.629. The van der Waals surface area contributed by atoms with Gasteiger partial charge in [0.2, 0.25) is 0 Å². The van der Waals surface area contributed by atoms with Gasteiger partial charge in [-0.1, -0.05) is 6.07 Å². The zero-order valence-electron chi connectivity index (χ0n) is 19.7. The minimum absolute atomic E-state index is 0.0311. The number of aromatic nitrogens is 5. The maximum atomic E-state index is 13.3. The van der Waals surface area contributed by atoms with E-state index in [-0.39, 0.29) is 17.7 Å². The third kappa shape index (κ3) is 3.34. The van der Waals surface area contributed by atoms with Gasteiger partial charge in [0.1, 0.15) is 22.7 Å². The summed E-state index contributed by atoms with van der Waals surface area (Å²) < 4.78 is 33.3. The molecule has 2 bridgehead atoms. The number of pyridine rings is 1. The number of rotatable bonds is 4. The number of nitrogens with zero attached hydrogens (tertiary/aromatic N) is 6. The smallest absolute Gasteiger partial charge is 0.387 e. The van der Waals surface area contributed by atoms with Gasteiger partial charge in [0, 0.05) is 42.6 Å². The Balaban J connectivity index is 1.52. The number of alkyl halides is 2. The number of imidazole rings is 1. The van der Waals surface area contributed by atoms with Crippen molar-refractivity contribution in [3.63, 3.8) is 0 Å². The highest BCUT2D eigenvalue weighted by Crippen LogP contribution is 2.49. The van der Waals surface area contributed by atoms with Crippen LogP contribution in [0.3, 0.4) is 0 Å². The Kier molecular flexibility index (Phi) is 4.84. The van der Waals surface area contributed by atoms with Crippen LogP contribution in [0.25, 0.3) is 22.4 Å². The third-order valence-corrected chi connectivity index (χ3v) is 6.75. The van der Waals surface area contributed by atoms with Gasteiger partial charge in [0.25, 0.3) is 5.91 Å². The third-order valence-electron chi connectivity index (χ3n) is 6.75. The summed E-state index contributed by atoms with van der Waals surface area (Å²) >= 11 is 0. The number of carbonyl (C=O) groups is 1. The Labute approximate surface area is 204 Å². The van der Waals surface area contributed by atoms with Crippen molar-refractivity contribution in [3.8, 4) is 17.0 Å². The molecule has 0 saturated heterocycles. The first-order valence-corrected chi connectivity index (χ1v) is 11.4. The average Bonchev–Trinajstić information content (AvgIpc) is 3.36. The molecule has 2 aliphatic rings. The lowest BCUT2D eigenvalue weighted by Gasteiger charge is -2.24. The monoisotopic (exact) mass is 492 g/mol. The number of hydrogen-bond donors (Lipinski definition) is 1. The number of benzene rings is 1. The molecule has 11 heteroatoms. The quantitative estimate of drug-likeness (QED) is 0.461. The van der Waals surface area contributed by atoms with Crippen LogP contribution in [0.15, 0.2) is 42.7 Å². The number of hydrogen-bond acceptors (Lipinski definition) is 7. The summed E-state index contributed by atoms with van der Waals surface area (Å²) in [4.78, 5) is 32.9. The van der Waals surface area contributed by atoms with E-state index in [1.54, 1.807) is 56.4 Å². The zero-order valence-corrected chi connectivity index (χ0v) is 19.7. The maximum absolute atomic E-state index is 13.3. The van der Waals surface area contributed by atoms with Crippen LogP contribution in [0.5, 0.6) is 5.75 Å². The standard InChI is InChI=1S/C25H22F2N6O3/c1-25(2,35)23-28-10-12(11-29-23)14-7-8-15-20(30-14)33-16-9-17(21(33)31-15)32(3)22(34)13-5-4-6-18(19(13)16)36-24(26)27/h4-8,10-11,16-17,24,35H,9H2,1-3H3/t16-,17-/m1/s1. The Morgan fingerprint density at radius 3 is 2.56 bits per heavy atom. The fourth-order valence-corrected chi connectivity index (χ4v) is 5.08. The predicted molar refractivity (Wildman–Crippen MR) is 124 cm³/mol. The zero-order chi connectivity index (χ0) is 25.4. The van der Waals surface area contributed by atoms with Gasteiger partial charge in [0.05, 0.1) is 17.8 Å². The SMILES string of the molecule is CN1C(=O)c2cccc(OC(F)F)c2[C@H]2C[C@@H]1c1nc3ccc(-c4cnc(C(C)(C)O)nc4)nc3n12. The topological polar surface area (TPSA) is 106 Å². The molecule has 36 heavy (non-hydrogen) atoms. The van der Waals surface area contributed by atoms with E-state index in [1.807, 2.05) is 10.6 Å². The Bertz CT molecular complexity index is 1510. The molecule has 0 unspecified atom stereocenters. The van der Waals surface area contributed by atoms with Gasteiger partial charge in [-0.25, -0.2) is 19.9 Å². The second-order valence-corrected chi connectivity index (χ2v) is 9.51. The second-order valence-electron chi connectivity index (χ2n) is 9.51. The van der Waals surface area contributed by atoms with Crippen LogP contribution in [-0.4, -0.2) is 54.1 Å². The van der Waals surface area contributed by atoms with Gasteiger partial charge < -0.3 is 19.3 Å². The van der Waals surface area contributed by atoms with Crippen LogP contribution < -0.4 is 4.74 Å². The van der Waals surface area contributed by atoms with Gasteiger partial charge in [-0.3, -0.25) is 4.79 Å². The van der Waals surface area contributed by atoms with Crippen LogP contribution in [0, 0.1) is 0 Å². The molecule has 0 saturated carbocycles. The highest BCUT2D eigenvalue weighted by atomic mass is 19.3. The molecule has 184 valence electrons. The minimum Gasteiger partial charge on any atom is -0.434 e. The molecule has 0 spiro atoms. The van der Waals surface area contributed by atoms with Crippen molar-refractivity contribution in [1.29, 1.82) is 0 Å². The summed E-state index contributed by atoms with van der Waals surface area (Å²) in [7, 11) is 1.69. The molecular formula is C25H22F2N6O3. The van der Waals surface area contributed by atoms with E-state index in [0.29, 0.717) is 51.6 Å². The van der Waals surface area contributed by atoms with Crippen molar-refractivity contribution in [3.05, 3.63) is 65.5 Å². The van der Waals surface area contributed by atoms with Crippen molar-refractivity contribution in [2.45, 2.75) is 44.6 Å². The van der Waals surface area contributed by atoms with Crippen LogP contribution in [0.2, 0.25) is 0 Å². The van der Waals surface area contributed by atoms with Gasteiger partial charge in [-0.15, -0.1) is 0 Å². The van der Waals surface area contributed by atoms with E-state index in [2.05, 4.69) is 9.97 Å². The largest absolute Gasteiger partial charge is 0.434 e. The summed E-state index contributed by atoms with van der Waals surface area (Å²) in [6.07, 6.45) is 3.65. The summed E-state index contributed by atoms with van der Waals surface area (Å²) in [5, 5.41) is 10.1. The molecular weight excluding hydrogens is 470 g/mol. The highest BCUT2D eigenvalue weighted by Gasteiger charge is 2.45. The van der Waals surface area contributed by atoms with E-state index in [9.17, 15) is 18.7 Å². The number of carbonyl (C=O) groups excluding carboxylic acids is 1. The number of fused-ring (bicyclic) bond motifs is 9. The minimum atomic E-state index is -3.03. The summed E-state index contributed by atoms with van der Waals surface area (Å²) in [5.41, 5.74) is 1.97. The van der Waals surface area contributed by atoms with Gasteiger partial charge >= 0.3 is 6.61 Å². The normalized spacial score (nSPS) is 19.0. The Hall–Kier alpha value is -3.99. The van der Waals surface area contributed by atoms with Crippen molar-refractivity contribution in [2.24, 2.45) is 0 Å². The molecule has 2 aliphatic heterocycles. The number of amides is 1. The van der Waals surface area contributed by atoms with Crippen molar-refractivity contribution >= 4 is 17.1 Å². The highest BCUT2D eigenvalue weighted by molar-refractivity contribution is 5.97. The summed E-state index contributed by atoms with van der Waals surface area (Å²) in [6, 6.07) is 7.44. The van der Waals surface area contributed by atoms with Crippen LogP contribution in [0.4, 0.5) is 8.78 Å². The number of halogens is 2. The van der Waals surface area contributed by atoms with Crippen molar-refractivity contribution < 1.29 is 23.4 Å². The molecule has 9 nitrogen and oxygen atoms in total. The molecule has 2 atom stereocenters. The molecule has 3 aromatic heterocycles. The fraction of sp³-hybridized carbons (Fsp3) is 0.320. The Morgan fingerprint density at radius 1 is 1.11 bits per heavy atom. The molecule has 0 aliphatic carbocycles. The van der Waals surface area contributed by atoms with Crippen molar-refractivity contribution in [2.75, 3.05) is 7.05 Å². The number of aliphatic hydroxyl groups is 1. The molecule has 4 aromatic rings. The molecule has 1 amide bonds. The maximum Gasteiger partial charge on any atom is 0.387 e. The molecule has 0 fully saturated rings. The lowest BCUT2D eigenvalue weighted by Crippen LogP contribution is -2.30. The Morgan fingerprint density at radius 2 is 1.86 bits per heavy atom. The van der Waals surface area contributed by atoms with Crippen LogP contribution in [-0.2, 0) is 5.60 Å². The average molecular weight is 492 g/mol. The summed E-state index contributed by atoms with van der Waals surface area (Å²) in [6.45, 7) is 0.183. The first kappa shape index (κ1) is 22.5. The van der Waals surface area contributed by atoms with Gasteiger partial charge in [-0.05, 0) is 38.1 Å². The van der Waals surface area contributed by atoms with E-state index in [0.717, 1.165) is 0 Å². The van der Waals surface area contributed by atoms with E-state index in [4.69, 9.17) is 14.7 Å². The molecule has 6 rings (SSSR count). The number of ether oxygens (including phenoxy) is 1. The van der Waals surface area contributed by atoms with Gasteiger partial charge in [-0.2, -0.15) is 8.78 Å². The molecule has 5 heterocycles. The van der Waals surface area contributed by atoms with E-state index >= 15 is 0 Å².